The Morgan fingerprint density at radius 2 is 1.88 bits per heavy atom. The fourth-order valence-electron chi connectivity index (χ4n) is 3.41. The monoisotopic (exact) mass is 372 g/mol. The number of aryl methyl sites for hydroxylation is 2. The molecule has 1 atom stereocenters. The van der Waals surface area contributed by atoms with Crippen molar-refractivity contribution >= 4 is 15.9 Å². The largest absolute Gasteiger partial charge is 0.351 e. The molecule has 0 spiro atoms. The Bertz CT molecular complexity index is 895. The van der Waals surface area contributed by atoms with Gasteiger partial charge in [0, 0.05) is 13.1 Å². The predicted octanol–water partition coefficient (Wildman–Crippen LogP) is 2.77. The van der Waals surface area contributed by atoms with Crippen LogP contribution in [0.15, 0.2) is 53.4 Å². The topological polar surface area (TPSA) is 66.5 Å². The van der Waals surface area contributed by atoms with E-state index in [-0.39, 0.29) is 10.8 Å². The van der Waals surface area contributed by atoms with Crippen molar-refractivity contribution in [2.24, 2.45) is 0 Å². The summed E-state index contributed by atoms with van der Waals surface area (Å²) < 4.78 is 27.6. The molecule has 1 aliphatic rings. The summed E-state index contributed by atoms with van der Waals surface area (Å²) in [6.07, 6.45) is 1.23. The molecule has 5 nitrogen and oxygen atoms in total. The quantitative estimate of drug-likeness (QED) is 0.878. The molecule has 26 heavy (non-hydrogen) atoms. The molecule has 1 N–H and O–H groups in total. The smallest absolute Gasteiger partial charge is 0.244 e. The Balaban J connectivity index is 1.77. The van der Waals surface area contributed by atoms with Crippen molar-refractivity contribution in [3.63, 3.8) is 0 Å². The number of carbonyl (C=O) groups excluding carboxylic acids is 1. The average molecular weight is 372 g/mol. The highest BCUT2D eigenvalue weighted by atomic mass is 32.2. The highest BCUT2D eigenvalue weighted by molar-refractivity contribution is 7.89. The van der Waals surface area contributed by atoms with E-state index in [1.165, 1.54) is 4.31 Å². The Hall–Kier alpha value is -2.18. The average Bonchev–Trinajstić information content (AvgIpc) is 3.11. The maximum Gasteiger partial charge on any atom is 0.244 e. The van der Waals surface area contributed by atoms with Crippen LogP contribution in [0.25, 0.3) is 0 Å². The lowest BCUT2D eigenvalue weighted by molar-refractivity contribution is -0.124. The van der Waals surface area contributed by atoms with E-state index in [9.17, 15) is 13.2 Å². The number of sulfonamides is 1. The second-order valence-corrected chi connectivity index (χ2v) is 8.61. The van der Waals surface area contributed by atoms with Crippen LogP contribution in [0, 0.1) is 13.8 Å². The van der Waals surface area contributed by atoms with Gasteiger partial charge in [-0.15, -0.1) is 0 Å². The second kappa shape index (κ2) is 7.60. The molecule has 0 radical (unpaired) electrons. The van der Waals surface area contributed by atoms with E-state index in [0.29, 0.717) is 31.5 Å². The lowest BCUT2D eigenvalue weighted by Crippen LogP contribution is -2.45. The third-order valence-corrected chi connectivity index (χ3v) is 6.80. The highest BCUT2D eigenvalue weighted by Gasteiger charge is 2.39. The molecule has 1 fully saturated rings. The van der Waals surface area contributed by atoms with Gasteiger partial charge in [-0.2, -0.15) is 4.31 Å². The number of amides is 1. The molecule has 2 aromatic carbocycles. The number of nitrogens with one attached hydrogen (secondary N) is 1. The first-order chi connectivity index (χ1) is 12.4. The Morgan fingerprint density at radius 1 is 1.15 bits per heavy atom. The highest BCUT2D eigenvalue weighted by Crippen LogP contribution is 2.28. The van der Waals surface area contributed by atoms with E-state index in [1.807, 2.05) is 43.3 Å². The predicted molar refractivity (Wildman–Crippen MR) is 101 cm³/mol. The van der Waals surface area contributed by atoms with Crippen LogP contribution in [0.5, 0.6) is 0 Å². The maximum atomic E-state index is 13.1. The third-order valence-electron chi connectivity index (χ3n) is 4.73. The number of nitrogens with zero attached hydrogens (tertiary/aromatic N) is 1. The van der Waals surface area contributed by atoms with Crippen molar-refractivity contribution in [3.05, 3.63) is 65.2 Å². The molecular weight excluding hydrogens is 348 g/mol. The minimum Gasteiger partial charge on any atom is -0.351 e. The van der Waals surface area contributed by atoms with Crippen LogP contribution in [0.2, 0.25) is 0 Å². The Kier molecular flexibility index (Phi) is 5.44. The van der Waals surface area contributed by atoms with Crippen LogP contribution in [-0.2, 0) is 21.4 Å². The van der Waals surface area contributed by atoms with Gasteiger partial charge in [0.05, 0.1) is 4.90 Å². The molecule has 1 amide bonds. The molecule has 0 bridgehead atoms. The van der Waals surface area contributed by atoms with Crippen molar-refractivity contribution in [3.8, 4) is 0 Å². The van der Waals surface area contributed by atoms with Gasteiger partial charge in [-0.05, 0) is 43.9 Å². The van der Waals surface area contributed by atoms with E-state index in [2.05, 4.69) is 5.32 Å². The van der Waals surface area contributed by atoms with Gasteiger partial charge in [0.15, 0.2) is 0 Å². The lowest BCUT2D eigenvalue weighted by Gasteiger charge is -2.24. The van der Waals surface area contributed by atoms with Crippen LogP contribution in [0.4, 0.5) is 0 Å². The first kappa shape index (κ1) is 18.6. The van der Waals surface area contributed by atoms with Crippen LogP contribution >= 0.6 is 0 Å². The summed E-state index contributed by atoms with van der Waals surface area (Å²) in [6, 6.07) is 14.2. The lowest BCUT2D eigenvalue weighted by atomic mass is 10.2. The van der Waals surface area contributed by atoms with E-state index >= 15 is 0 Å². The summed E-state index contributed by atoms with van der Waals surface area (Å²) in [5.41, 5.74) is 2.71. The van der Waals surface area contributed by atoms with Crippen molar-refractivity contribution in [2.75, 3.05) is 6.54 Å². The Labute approximate surface area is 155 Å². The molecule has 1 saturated heterocycles. The van der Waals surface area contributed by atoms with Gasteiger partial charge < -0.3 is 5.32 Å². The van der Waals surface area contributed by atoms with Gasteiger partial charge in [-0.3, -0.25) is 4.79 Å². The molecule has 3 rings (SSSR count). The summed E-state index contributed by atoms with van der Waals surface area (Å²) in [4.78, 5) is 12.9. The van der Waals surface area contributed by atoms with Gasteiger partial charge >= 0.3 is 0 Å². The van der Waals surface area contributed by atoms with Gasteiger partial charge in [0.1, 0.15) is 6.04 Å². The van der Waals surface area contributed by atoms with Crippen molar-refractivity contribution < 1.29 is 13.2 Å². The first-order valence-electron chi connectivity index (χ1n) is 8.80. The van der Waals surface area contributed by atoms with Gasteiger partial charge in [-0.25, -0.2) is 8.42 Å². The normalized spacial score (nSPS) is 18.0. The molecule has 6 heteroatoms. The summed E-state index contributed by atoms with van der Waals surface area (Å²) in [5.74, 6) is -0.236. The molecule has 0 aromatic heterocycles. The molecule has 0 saturated carbocycles. The minimum absolute atomic E-state index is 0.236. The molecule has 1 heterocycles. The zero-order valence-electron chi connectivity index (χ0n) is 15.1. The fraction of sp³-hybridized carbons (Fsp3) is 0.350. The molecule has 0 unspecified atom stereocenters. The molecule has 138 valence electrons. The van der Waals surface area contributed by atoms with Crippen LogP contribution in [-0.4, -0.2) is 31.2 Å². The molecule has 0 aliphatic carbocycles. The number of carbonyl (C=O) groups is 1. The zero-order valence-corrected chi connectivity index (χ0v) is 15.9. The molecule has 2 aromatic rings. The standard InChI is InChI=1S/C20H24N2O3S/c1-15-10-11-19(16(2)13-15)26(24,25)22-12-6-9-18(22)20(23)21-14-17-7-4-3-5-8-17/h3-5,7-8,10-11,13,18H,6,9,12,14H2,1-2H3,(H,21,23)/t18-/m0/s1. The van der Waals surface area contributed by atoms with Crippen molar-refractivity contribution in [2.45, 2.75) is 44.2 Å². The van der Waals surface area contributed by atoms with Gasteiger partial charge in [-0.1, -0.05) is 48.0 Å². The van der Waals surface area contributed by atoms with Crippen LogP contribution < -0.4 is 5.32 Å². The fourth-order valence-corrected chi connectivity index (χ4v) is 5.27. The first-order valence-corrected chi connectivity index (χ1v) is 10.2. The number of rotatable bonds is 5. The number of hydrogen-bond acceptors (Lipinski definition) is 3. The summed E-state index contributed by atoms with van der Waals surface area (Å²) in [6.45, 7) is 4.49. The van der Waals surface area contributed by atoms with E-state index < -0.39 is 16.1 Å². The molecule has 1 aliphatic heterocycles. The van der Waals surface area contributed by atoms with E-state index in [1.54, 1.807) is 19.1 Å². The molecular formula is C20H24N2O3S. The minimum atomic E-state index is -3.69. The maximum absolute atomic E-state index is 13.1. The Morgan fingerprint density at radius 3 is 2.58 bits per heavy atom. The second-order valence-electron chi connectivity index (χ2n) is 6.75. The van der Waals surface area contributed by atoms with Gasteiger partial charge in [0.25, 0.3) is 0 Å². The summed E-state index contributed by atoms with van der Waals surface area (Å²) in [5, 5.41) is 2.87. The van der Waals surface area contributed by atoms with E-state index in [0.717, 1.165) is 11.1 Å². The summed E-state index contributed by atoms with van der Waals surface area (Å²) >= 11 is 0. The van der Waals surface area contributed by atoms with Crippen molar-refractivity contribution in [1.82, 2.24) is 9.62 Å². The summed E-state index contributed by atoms with van der Waals surface area (Å²) in [7, 11) is -3.69. The van der Waals surface area contributed by atoms with Crippen LogP contribution in [0.1, 0.15) is 29.5 Å². The third kappa shape index (κ3) is 3.81. The zero-order chi connectivity index (χ0) is 18.7. The SMILES string of the molecule is Cc1ccc(S(=O)(=O)N2CCC[C@H]2C(=O)NCc2ccccc2)c(C)c1. The number of benzene rings is 2. The van der Waals surface area contributed by atoms with Crippen molar-refractivity contribution in [1.29, 1.82) is 0 Å². The van der Waals surface area contributed by atoms with E-state index in [4.69, 9.17) is 0 Å². The van der Waals surface area contributed by atoms with Gasteiger partial charge in [0.2, 0.25) is 15.9 Å². The number of hydrogen-bond donors (Lipinski definition) is 1. The van der Waals surface area contributed by atoms with Crippen LogP contribution in [0.3, 0.4) is 0 Å².